The number of piperidine rings is 1. The van der Waals surface area contributed by atoms with Gasteiger partial charge >= 0.3 is 24.5 Å². The van der Waals surface area contributed by atoms with Crippen LogP contribution in [0.5, 0.6) is 0 Å². The maximum absolute atomic E-state index is 13.2. The molecule has 2 atom stereocenters. The zero-order valence-corrected chi connectivity index (χ0v) is 18.5. The van der Waals surface area contributed by atoms with Gasteiger partial charge in [0.05, 0.1) is 12.2 Å². The van der Waals surface area contributed by atoms with Crippen molar-refractivity contribution in [1.29, 1.82) is 0 Å². The summed E-state index contributed by atoms with van der Waals surface area (Å²) in [6.07, 6.45) is -12.9. The lowest BCUT2D eigenvalue weighted by atomic mass is 10.0. The maximum Gasteiger partial charge on any atom is 0.522 e. The van der Waals surface area contributed by atoms with Crippen LogP contribution in [0, 0.1) is 5.82 Å². The number of benzene rings is 1. The number of halogens is 7. The van der Waals surface area contributed by atoms with Crippen LogP contribution in [-0.2, 0) is 27.0 Å². The Hall–Kier alpha value is -2.53. The van der Waals surface area contributed by atoms with Crippen LogP contribution in [0.25, 0.3) is 0 Å². The summed E-state index contributed by atoms with van der Waals surface area (Å²) in [5.74, 6) is -4.56. The second-order valence-corrected chi connectivity index (χ2v) is 7.61. The minimum Gasteiger partial charge on any atom is -0.479 e. The first-order valence-corrected chi connectivity index (χ1v) is 10.4. The number of ether oxygens (including phenoxy) is 1. The van der Waals surface area contributed by atoms with Gasteiger partial charge in [0.15, 0.2) is 12.2 Å². The van der Waals surface area contributed by atoms with Crippen LogP contribution < -0.4 is 5.32 Å². The number of nitrogens with zero attached hydrogens (tertiary/aromatic N) is 1. The predicted octanol–water partition coefficient (Wildman–Crippen LogP) is 1.81. The van der Waals surface area contributed by atoms with Gasteiger partial charge in [-0.3, -0.25) is 9.64 Å². The molecular formula is C20H25F7N2O7. The SMILES string of the molecule is Fc1ccc(CN(CCOC(F)(F)F)C2CCNCC2)c(C(F)(F)F)c1.O=C(O)[C@H](O)[C@@H](O)C(=O)O. The first-order chi connectivity index (χ1) is 16.5. The highest BCUT2D eigenvalue weighted by Crippen LogP contribution is 2.33. The van der Waals surface area contributed by atoms with E-state index in [1.165, 1.54) is 4.90 Å². The molecule has 1 saturated heterocycles. The van der Waals surface area contributed by atoms with Crippen molar-refractivity contribution in [3.05, 3.63) is 35.1 Å². The molecule has 1 aliphatic heterocycles. The normalized spacial score (nSPS) is 16.7. The molecule has 206 valence electrons. The average molecular weight is 538 g/mol. The van der Waals surface area contributed by atoms with Crippen LogP contribution in [0.15, 0.2) is 18.2 Å². The van der Waals surface area contributed by atoms with Crippen LogP contribution in [-0.4, -0.2) is 88.1 Å². The van der Waals surface area contributed by atoms with Crippen LogP contribution >= 0.6 is 0 Å². The van der Waals surface area contributed by atoms with Crippen LogP contribution in [0.1, 0.15) is 24.0 Å². The Labute approximate surface area is 200 Å². The second kappa shape index (κ2) is 13.7. The van der Waals surface area contributed by atoms with E-state index in [9.17, 15) is 40.3 Å². The molecule has 0 saturated carbocycles. The van der Waals surface area contributed by atoms with E-state index < -0.39 is 54.7 Å². The van der Waals surface area contributed by atoms with Crippen molar-refractivity contribution >= 4 is 11.9 Å². The molecule has 1 heterocycles. The van der Waals surface area contributed by atoms with Gasteiger partial charge in [0, 0.05) is 19.1 Å². The fraction of sp³-hybridized carbons (Fsp3) is 0.600. The smallest absolute Gasteiger partial charge is 0.479 e. The van der Waals surface area contributed by atoms with Crippen molar-refractivity contribution in [2.24, 2.45) is 0 Å². The molecular weight excluding hydrogens is 513 g/mol. The summed E-state index contributed by atoms with van der Waals surface area (Å²) in [6.45, 7) is 0.142. The zero-order chi connectivity index (χ0) is 27.7. The Kier molecular flexibility index (Phi) is 12.0. The van der Waals surface area contributed by atoms with Crippen LogP contribution in [0.4, 0.5) is 30.7 Å². The molecule has 0 amide bonds. The molecule has 1 aromatic rings. The Bertz CT molecular complexity index is 844. The monoisotopic (exact) mass is 538 g/mol. The first-order valence-electron chi connectivity index (χ1n) is 10.4. The summed E-state index contributed by atoms with van der Waals surface area (Å²) in [5, 5.41) is 35.6. The second-order valence-electron chi connectivity index (χ2n) is 7.61. The fourth-order valence-corrected chi connectivity index (χ4v) is 3.28. The number of carboxylic acid groups (broad SMARTS) is 2. The first kappa shape index (κ1) is 31.5. The van der Waals surface area contributed by atoms with E-state index >= 15 is 0 Å². The van der Waals surface area contributed by atoms with E-state index in [-0.39, 0.29) is 24.7 Å². The molecule has 1 aliphatic rings. The topological polar surface area (TPSA) is 140 Å². The fourth-order valence-electron chi connectivity index (χ4n) is 3.28. The summed E-state index contributed by atoms with van der Waals surface area (Å²) < 4.78 is 93.1. The predicted molar refractivity (Wildman–Crippen MR) is 107 cm³/mol. The van der Waals surface area contributed by atoms with Crippen molar-refractivity contribution in [2.45, 2.75) is 50.2 Å². The van der Waals surface area contributed by atoms with Crippen molar-refractivity contribution in [1.82, 2.24) is 10.2 Å². The van der Waals surface area contributed by atoms with Gasteiger partial charge in [-0.2, -0.15) is 13.2 Å². The van der Waals surface area contributed by atoms with Gasteiger partial charge in [-0.25, -0.2) is 14.0 Å². The lowest BCUT2D eigenvalue weighted by molar-refractivity contribution is -0.325. The third-order valence-electron chi connectivity index (χ3n) is 5.03. The van der Waals surface area contributed by atoms with Gasteiger partial charge in [-0.05, 0) is 43.6 Å². The molecule has 0 aromatic heterocycles. The highest BCUT2D eigenvalue weighted by Gasteiger charge is 2.35. The molecule has 2 rings (SSSR count). The molecule has 0 radical (unpaired) electrons. The van der Waals surface area contributed by atoms with Crippen molar-refractivity contribution in [3.8, 4) is 0 Å². The molecule has 0 bridgehead atoms. The maximum atomic E-state index is 13.2. The van der Waals surface area contributed by atoms with Gasteiger partial charge in [-0.1, -0.05) is 6.07 Å². The minimum absolute atomic E-state index is 0.176. The van der Waals surface area contributed by atoms with E-state index in [0.717, 1.165) is 12.1 Å². The third kappa shape index (κ3) is 11.0. The lowest BCUT2D eigenvalue weighted by Crippen LogP contribution is -2.44. The quantitative estimate of drug-likeness (QED) is 0.298. The van der Waals surface area contributed by atoms with E-state index in [1.54, 1.807) is 0 Å². The molecule has 0 aliphatic carbocycles. The van der Waals surface area contributed by atoms with Crippen LogP contribution in [0.2, 0.25) is 0 Å². The van der Waals surface area contributed by atoms with Gasteiger partial charge in [-0.15, -0.1) is 13.2 Å². The van der Waals surface area contributed by atoms with Crippen molar-refractivity contribution in [3.63, 3.8) is 0 Å². The number of aliphatic carboxylic acids is 2. The number of hydrogen-bond acceptors (Lipinski definition) is 7. The summed E-state index contributed by atoms with van der Waals surface area (Å²) >= 11 is 0. The summed E-state index contributed by atoms with van der Waals surface area (Å²) in [4.78, 5) is 21.1. The average Bonchev–Trinajstić information content (AvgIpc) is 2.77. The molecule has 16 heteroatoms. The van der Waals surface area contributed by atoms with Gasteiger partial charge in [0.2, 0.25) is 0 Å². The Morgan fingerprint density at radius 3 is 2.00 bits per heavy atom. The molecule has 1 aromatic carbocycles. The number of rotatable bonds is 9. The Balaban J connectivity index is 0.000000548. The molecule has 0 unspecified atom stereocenters. The molecule has 1 fully saturated rings. The molecule has 5 N–H and O–H groups in total. The number of carboxylic acids is 2. The summed E-state index contributed by atoms with van der Waals surface area (Å²) in [7, 11) is 0. The van der Waals surface area contributed by atoms with E-state index in [4.69, 9.17) is 20.4 Å². The molecule has 0 spiro atoms. The molecule has 36 heavy (non-hydrogen) atoms. The summed E-state index contributed by atoms with van der Waals surface area (Å²) in [5.41, 5.74) is -1.29. The minimum atomic E-state index is -4.80. The van der Waals surface area contributed by atoms with Gasteiger partial charge in [0.25, 0.3) is 0 Å². The standard InChI is InChI=1S/C16H19F7N2O.C4H6O6/c17-12-2-1-11(14(9-12)15(18,19)20)10-25(7-8-26-16(21,22)23)13-3-5-24-6-4-13;5-1(3(7)8)2(6)4(9)10/h1-2,9,13,24H,3-8,10H2;1-2,5-6H,(H,7,8)(H,9,10)/t;1-,2-/m.1/s1. The lowest BCUT2D eigenvalue weighted by Gasteiger charge is -2.35. The van der Waals surface area contributed by atoms with E-state index in [1.807, 2.05) is 0 Å². The Morgan fingerprint density at radius 2 is 1.56 bits per heavy atom. The highest BCUT2D eigenvalue weighted by molar-refractivity contribution is 5.83. The summed E-state index contributed by atoms with van der Waals surface area (Å²) in [6, 6.07) is 2.16. The Morgan fingerprint density at radius 1 is 1.03 bits per heavy atom. The number of aliphatic hydroxyl groups is 2. The largest absolute Gasteiger partial charge is 0.522 e. The van der Waals surface area contributed by atoms with Gasteiger partial charge < -0.3 is 25.7 Å². The number of hydrogen-bond donors (Lipinski definition) is 5. The third-order valence-corrected chi connectivity index (χ3v) is 5.03. The number of nitrogens with one attached hydrogen (secondary N) is 1. The molecule has 9 nitrogen and oxygen atoms in total. The van der Waals surface area contributed by atoms with Crippen molar-refractivity contribution < 1.29 is 65.5 Å². The highest BCUT2D eigenvalue weighted by atomic mass is 19.4. The van der Waals surface area contributed by atoms with Crippen LogP contribution in [0.3, 0.4) is 0 Å². The van der Waals surface area contributed by atoms with E-state index in [0.29, 0.717) is 32.0 Å². The number of carbonyl (C=O) groups is 2. The van der Waals surface area contributed by atoms with Gasteiger partial charge in [0.1, 0.15) is 5.82 Å². The van der Waals surface area contributed by atoms with E-state index in [2.05, 4.69) is 10.1 Å². The van der Waals surface area contributed by atoms with Crippen molar-refractivity contribution in [2.75, 3.05) is 26.2 Å². The zero-order valence-electron chi connectivity index (χ0n) is 18.5. The number of alkyl halides is 6. The number of aliphatic hydroxyl groups excluding tert-OH is 2.